The number of amidine groups is 1. The van der Waals surface area contributed by atoms with Crippen LogP contribution in [-0.2, 0) is 0 Å². The lowest BCUT2D eigenvalue weighted by molar-refractivity contribution is 0.213. The Morgan fingerprint density at radius 2 is 2.13 bits per heavy atom. The molecule has 0 radical (unpaired) electrons. The summed E-state index contributed by atoms with van der Waals surface area (Å²) in [7, 11) is 1.75. The van der Waals surface area contributed by atoms with Gasteiger partial charge >= 0.3 is 6.03 Å². The van der Waals surface area contributed by atoms with Crippen molar-refractivity contribution in [3.05, 3.63) is 0 Å². The number of hydrogen-bond donors (Lipinski definition) is 2. The third-order valence-corrected chi connectivity index (χ3v) is 2.58. The van der Waals surface area contributed by atoms with E-state index in [0.717, 1.165) is 19.4 Å². The summed E-state index contributed by atoms with van der Waals surface area (Å²) in [5, 5.41) is 10.6. The van der Waals surface area contributed by atoms with Crippen molar-refractivity contribution in [3.63, 3.8) is 0 Å². The molecule has 0 aromatic heterocycles. The minimum Gasteiger partial charge on any atom is -0.328 e. The van der Waals surface area contributed by atoms with Gasteiger partial charge in [0.05, 0.1) is 0 Å². The summed E-state index contributed by atoms with van der Waals surface area (Å²) in [6.45, 7) is 6.81. The van der Waals surface area contributed by atoms with Crippen LogP contribution in [0.1, 0.15) is 33.6 Å². The van der Waals surface area contributed by atoms with Gasteiger partial charge in [-0.15, -0.1) is 0 Å². The van der Waals surface area contributed by atoms with Gasteiger partial charge in [-0.2, -0.15) is 0 Å². The maximum atomic E-state index is 11.5. The van der Waals surface area contributed by atoms with Crippen molar-refractivity contribution in [2.75, 3.05) is 13.6 Å². The lowest BCUT2D eigenvalue weighted by Gasteiger charge is -2.17. The van der Waals surface area contributed by atoms with Crippen molar-refractivity contribution in [3.8, 4) is 0 Å². The Kier molecular flexibility index (Phi) is 7.21. The topological polar surface area (TPSA) is 56.2 Å². The van der Waals surface area contributed by atoms with E-state index in [9.17, 15) is 4.79 Å². The van der Waals surface area contributed by atoms with Gasteiger partial charge in [-0.1, -0.05) is 39.0 Å². The monoisotopic (exact) mass is 231 g/mol. The summed E-state index contributed by atoms with van der Waals surface area (Å²) in [6.07, 6.45) is 2.06. The van der Waals surface area contributed by atoms with E-state index in [0.29, 0.717) is 5.25 Å². The molecule has 15 heavy (non-hydrogen) atoms. The van der Waals surface area contributed by atoms with E-state index >= 15 is 0 Å². The number of urea groups is 1. The number of rotatable bonds is 4. The number of amides is 2. The van der Waals surface area contributed by atoms with Gasteiger partial charge in [0.15, 0.2) is 5.17 Å². The Morgan fingerprint density at radius 3 is 2.60 bits per heavy atom. The summed E-state index contributed by atoms with van der Waals surface area (Å²) in [6, 6.07) is -0.193. The molecule has 0 aliphatic heterocycles. The fourth-order valence-corrected chi connectivity index (χ4v) is 1.57. The smallest absolute Gasteiger partial charge is 0.323 e. The number of nitrogens with zero attached hydrogens (tertiary/aromatic N) is 1. The van der Waals surface area contributed by atoms with E-state index in [4.69, 9.17) is 5.41 Å². The molecule has 5 heteroatoms. The highest BCUT2D eigenvalue weighted by atomic mass is 32.2. The van der Waals surface area contributed by atoms with E-state index in [1.54, 1.807) is 11.9 Å². The highest BCUT2D eigenvalue weighted by molar-refractivity contribution is 8.14. The van der Waals surface area contributed by atoms with Gasteiger partial charge in [-0.25, -0.2) is 4.79 Å². The third-order valence-electron chi connectivity index (χ3n) is 1.77. The average molecular weight is 231 g/mol. The van der Waals surface area contributed by atoms with Crippen LogP contribution in [0, 0.1) is 5.41 Å². The molecule has 0 heterocycles. The van der Waals surface area contributed by atoms with E-state index < -0.39 is 0 Å². The van der Waals surface area contributed by atoms with E-state index in [-0.39, 0.29) is 11.2 Å². The van der Waals surface area contributed by atoms with E-state index in [2.05, 4.69) is 12.2 Å². The van der Waals surface area contributed by atoms with Gasteiger partial charge in [0.1, 0.15) is 0 Å². The van der Waals surface area contributed by atoms with Gasteiger partial charge in [0.2, 0.25) is 0 Å². The van der Waals surface area contributed by atoms with Crippen molar-refractivity contribution < 1.29 is 4.79 Å². The Labute approximate surface area is 96.3 Å². The quantitative estimate of drug-likeness (QED) is 0.577. The first-order valence-electron chi connectivity index (χ1n) is 5.24. The zero-order valence-electron chi connectivity index (χ0n) is 9.96. The van der Waals surface area contributed by atoms with Gasteiger partial charge in [-0.3, -0.25) is 10.7 Å². The minimum absolute atomic E-state index is 0.193. The molecule has 0 spiro atoms. The van der Waals surface area contributed by atoms with Crippen molar-refractivity contribution in [1.29, 1.82) is 5.41 Å². The molecule has 0 aromatic carbocycles. The summed E-state index contributed by atoms with van der Waals surface area (Å²) in [5.41, 5.74) is 0. The first kappa shape index (κ1) is 14.3. The van der Waals surface area contributed by atoms with Crippen LogP contribution >= 0.6 is 11.8 Å². The average Bonchev–Trinajstić information content (AvgIpc) is 2.12. The van der Waals surface area contributed by atoms with Crippen LogP contribution in [0.3, 0.4) is 0 Å². The molecule has 0 fully saturated rings. The summed E-state index contributed by atoms with van der Waals surface area (Å²) in [4.78, 5) is 13.1. The number of carbonyl (C=O) groups is 1. The normalized spacial score (nSPS) is 10.2. The molecule has 0 saturated heterocycles. The van der Waals surface area contributed by atoms with Crippen LogP contribution in [0.5, 0.6) is 0 Å². The fraction of sp³-hybridized carbons (Fsp3) is 0.800. The summed E-state index contributed by atoms with van der Waals surface area (Å²) in [5.74, 6) is 0. The summed E-state index contributed by atoms with van der Waals surface area (Å²) >= 11 is 1.35. The van der Waals surface area contributed by atoms with Crippen molar-refractivity contribution in [2.45, 2.75) is 38.9 Å². The SMILES string of the molecule is CCCCN(C)C(=O)NC(=N)SC(C)C. The van der Waals surface area contributed by atoms with Gasteiger partial charge in [0.25, 0.3) is 0 Å². The van der Waals surface area contributed by atoms with Crippen LogP contribution in [0.2, 0.25) is 0 Å². The number of thioether (sulfide) groups is 1. The van der Waals surface area contributed by atoms with E-state index in [1.165, 1.54) is 11.8 Å². The van der Waals surface area contributed by atoms with Crippen LogP contribution < -0.4 is 5.32 Å². The molecule has 4 nitrogen and oxygen atoms in total. The minimum atomic E-state index is -0.193. The molecule has 0 aliphatic carbocycles. The Balaban J connectivity index is 3.85. The van der Waals surface area contributed by atoms with Crippen LogP contribution in [-0.4, -0.2) is 34.9 Å². The predicted molar refractivity (Wildman–Crippen MR) is 66.5 cm³/mol. The maximum absolute atomic E-state index is 11.5. The van der Waals surface area contributed by atoms with Gasteiger partial charge in [0, 0.05) is 18.8 Å². The number of hydrogen-bond acceptors (Lipinski definition) is 3. The second kappa shape index (κ2) is 7.56. The van der Waals surface area contributed by atoms with Crippen molar-refractivity contribution >= 4 is 23.0 Å². The standard InChI is InChI=1S/C10H21N3OS/c1-5-6-7-13(4)10(14)12-9(11)15-8(2)3/h8H,5-7H2,1-4H3,(H2,11,12,14). The number of nitrogens with one attached hydrogen (secondary N) is 2. The molecule has 0 aliphatic rings. The maximum Gasteiger partial charge on any atom is 0.323 e. The fourth-order valence-electron chi connectivity index (χ4n) is 0.955. The molecule has 0 bridgehead atoms. The van der Waals surface area contributed by atoms with Gasteiger partial charge in [-0.05, 0) is 6.42 Å². The first-order valence-corrected chi connectivity index (χ1v) is 6.12. The molecule has 2 amide bonds. The highest BCUT2D eigenvalue weighted by Gasteiger charge is 2.10. The molecule has 0 aromatic rings. The molecular formula is C10H21N3OS. The zero-order chi connectivity index (χ0) is 11.8. The third kappa shape index (κ3) is 7.25. The van der Waals surface area contributed by atoms with Crippen molar-refractivity contribution in [1.82, 2.24) is 10.2 Å². The number of carbonyl (C=O) groups excluding carboxylic acids is 1. The summed E-state index contributed by atoms with van der Waals surface area (Å²) < 4.78 is 0. The first-order chi connectivity index (χ1) is 6.97. The molecule has 88 valence electrons. The lowest BCUT2D eigenvalue weighted by atomic mass is 10.3. The second-order valence-corrected chi connectivity index (χ2v) is 5.29. The van der Waals surface area contributed by atoms with Gasteiger partial charge < -0.3 is 4.90 Å². The largest absolute Gasteiger partial charge is 0.328 e. The zero-order valence-corrected chi connectivity index (χ0v) is 10.8. The van der Waals surface area contributed by atoms with Crippen LogP contribution in [0.4, 0.5) is 4.79 Å². The van der Waals surface area contributed by atoms with Crippen molar-refractivity contribution in [2.24, 2.45) is 0 Å². The van der Waals surface area contributed by atoms with E-state index in [1.807, 2.05) is 13.8 Å². The van der Waals surface area contributed by atoms with Crippen LogP contribution in [0.25, 0.3) is 0 Å². The Morgan fingerprint density at radius 1 is 1.53 bits per heavy atom. The molecule has 0 unspecified atom stereocenters. The molecule has 2 N–H and O–H groups in total. The Hall–Kier alpha value is -0.710. The molecule has 0 atom stereocenters. The molecule has 0 rings (SSSR count). The lowest BCUT2D eigenvalue weighted by Crippen LogP contribution is -2.40. The van der Waals surface area contributed by atoms with Crippen LogP contribution in [0.15, 0.2) is 0 Å². The Bertz CT molecular complexity index is 219. The second-order valence-electron chi connectivity index (χ2n) is 3.70. The predicted octanol–water partition coefficient (Wildman–Crippen LogP) is 2.50. The highest BCUT2D eigenvalue weighted by Crippen LogP contribution is 2.08. The number of unbranched alkanes of at least 4 members (excludes halogenated alkanes) is 1. The molecular weight excluding hydrogens is 210 g/mol. The molecule has 0 saturated carbocycles.